The Morgan fingerprint density at radius 3 is 1.65 bits per heavy atom. The molecule has 0 aliphatic rings. The molecule has 12 rings (SSSR count). The van der Waals surface area contributed by atoms with Crippen LogP contribution >= 0.6 is 103 Å². The lowest BCUT2D eigenvalue weighted by molar-refractivity contribution is 0.401. The molecule has 12 heterocycles. The van der Waals surface area contributed by atoms with E-state index >= 15 is 0 Å². The molecule has 0 aliphatic heterocycles. The first-order valence-corrected chi connectivity index (χ1v) is 32.3. The zero-order chi connectivity index (χ0) is 48.3. The molecule has 12 aromatic heterocycles. The Morgan fingerprint density at radius 1 is 0.507 bits per heavy atom. The van der Waals surface area contributed by atoms with Gasteiger partial charge in [-0.3, -0.25) is 9.97 Å². The summed E-state index contributed by atoms with van der Waals surface area (Å²) >= 11 is 15.7. The number of hydrogen-bond acceptors (Lipinski definition) is 17. The highest BCUT2D eigenvalue weighted by Gasteiger charge is 2.27. The van der Waals surface area contributed by atoms with E-state index < -0.39 is 0 Å². The summed E-state index contributed by atoms with van der Waals surface area (Å²) in [5.41, 5.74) is 10.4. The molecule has 1 unspecified atom stereocenters. The molecule has 71 heavy (non-hydrogen) atoms. The largest absolute Gasteiger partial charge is 0.366 e. The van der Waals surface area contributed by atoms with E-state index in [1.807, 2.05) is 79.4 Å². The van der Waals surface area contributed by atoms with Gasteiger partial charge in [0, 0.05) is 90.0 Å². The second-order valence-corrected chi connectivity index (χ2v) is 27.2. The molecule has 366 valence electrons. The molecule has 1 atom stereocenters. The van der Waals surface area contributed by atoms with E-state index in [1.165, 1.54) is 150 Å². The van der Waals surface area contributed by atoms with E-state index in [4.69, 9.17) is 27.5 Å². The number of hydrogen-bond donors (Lipinski definition) is 0. The number of thiophene rings is 7. The van der Waals surface area contributed by atoms with Gasteiger partial charge in [-0.25, -0.2) is 0 Å². The van der Waals surface area contributed by atoms with Gasteiger partial charge in [0.2, 0.25) is 0 Å². The van der Waals surface area contributed by atoms with Gasteiger partial charge < -0.3 is 14.4 Å². The van der Waals surface area contributed by atoms with Crippen LogP contribution in [-0.4, -0.2) is 58.7 Å². The average Bonchev–Trinajstić information content (AvgIpc) is 4.22. The van der Waals surface area contributed by atoms with Gasteiger partial charge in [0.1, 0.15) is 33.5 Å². The highest BCUT2D eigenvalue weighted by Crippen LogP contribution is 2.52. The Bertz CT molecular complexity index is 3750. The molecule has 0 fully saturated rings. The van der Waals surface area contributed by atoms with Gasteiger partial charge in [-0.2, -0.15) is 17.5 Å². The molecule has 0 bridgehead atoms. The van der Waals surface area contributed by atoms with Crippen LogP contribution in [0.3, 0.4) is 0 Å². The third kappa shape index (κ3) is 8.73. The molecule has 0 N–H and O–H groups in total. The summed E-state index contributed by atoms with van der Waals surface area (Å²) in [6.07, 6.45) is 16.2. The van der Waals surface area contributed by atoms with Crippen molar-refractivity contribution in [1.82, 2.24) is 32.0 Å². The van der Waals surface area contributed by atoms with E-state index in [0.717, 1.165) is 86.9 Å². The van der Waals surface area contributed by atoms with Crippen LogP contribution in [0, 0.1) is 5.92 Å². The summed E-state index contributed by atoms with van der Waals surface area (Å²) < 4.78 is 33.0. The van der Waals surface area contributed by atoms with Crippen LogP contribution in [0.4, 0.5) is 10.0 Å². The van der Waals surface area contributed by atoms with Crippen molar-refractivity contribution in [3.8, 4) is 42.0 Å². The zero-order valence-corrected chi connectivity index (χ0v) is 48.1. The topological polar surface area (TPSA) is 88.8 Å². The Morgan fingerprint density at radius 2 is 1.04 bits per heavy atom. The molecule has 0 radical (unpaired) electrons. The fourth-order valence-corrected chi connectivity index (χ4v) is 19.7. The highest BCUT2D eigenvalue weighted by molar-refractivity contribution is 7.37. The second-order valence-electron chi connectivity index (χ2n) is 18.7. The first kappa shape index (κ1) is 48.0. The fourth-order valence-electron chi connectivity index (χ4n) is 9.80. The average molecular weight is 1110 g/mol. The molecule has 0 saturated heterocycles. The van der Waals surface area contributed by atoms with E-state index in [-0.39, 0.29) is 0 Å². The van der Waals surface area contributed by atoms with Crippen LogP contribution in [0.15, 0.2) is 48.8 Å². The number of fused-ring (bicyclic) bond motifs is 9. The molecule has 0 saturated carbocycles. The van der Waals surface area contributed by atoms with E-state index in [1.54, 1.807) is 0 Å². The van der Waals surface area contributed by atoms with Crippen LogP contribution in [0.5, 0.6) is 0 Å². The summed E-state index contributed by atoms with van der Waals surface area (Å²) in [4.78, 5) is 20.0. The van der Waals surface area contributed by atoms with Crippen LogP contribution in [0.2, 0.25) is 0 Å². The van der Waals surface area contributed by atoms with Crippen LogP contribution in [0.1, 0.15) is 98.8 Å². The number of nitrogens with zero attached hydrogens (tertiary/aromatic N) is 9. The van der Waals surface area contributed by atoms with Crippen molar-refractivity contribution in [3.63, 3.8) is 0 Å². The lowest BCUT2D eigenvalue weighted by Crippen LogP contribution is -2.24. The number of rotatable bonds is 21. The number of pyridine rings is 2. The normalized spacial score (nSPS) is 12.8. The van der Waals surface area contributed by atoms with E-state index in [2.05, 4.69) is 105 Å². The third-order valence-electron chi connectivity index (χ3n) is 13.9. The Hall–Kier alpha value is -3.98. The number of unbranched alkanes of at least 4 members (excludes halogenated alkanes) is 4. The van der Waals surface area contributed by atoms with Gasteiger partial charge in [-0.1, -0.05) is 73.1 Å². The number of aromatic nitrogens is 7. The lowest BCUT2D eigenvalue weighted by Gasteiger charge is -2.22. The predicted molar refractivity (Wildman–Crippen MR) is 320 cm³/mol. The van der Waals surface area contributed by atoms with Crippen molar-refractivity contribution in [2.24, 2.45) is 5.92 Å². The van der Waals surface area contributed by atoms with Crippen LogP contribution < -0.4 is 9.80 Å². The van der Waals surface area contributed by atoms with Crippen LogP contribution in [-0.2, 0) is 6.54 Å². The Kier molecular flexibility index (Phi) is 13.8. The van der Waals surface area contributed by atoms with Gasteiger partial charge in [0.05, 0.1) is 68.3 Å². The quantitative estimate of drug-likeness (QED) is 0.0703. The summed E-state index contributed by atoms with van der Waals surface area (Å²) in [7, 11) is 2.21. The maximum Gasteiger partial charge on any atom is 0.132 e. The molecule has 9 nitrogen and oxygen atoms in total. The molecule has 12 aromatic rings. The first-order valence-electron chi connectivity index (χ1n) is 25.1. The summed E-state index contributed by atoms with van der Waals surface area (Å²) in [5.74, 6) is 0.590. The van der Waals surface area contributed by atoms with Gasteiger partial charge in [0.15, 0.2) is 0 Å². The second kappa shape index (κ2) is 20.4. The molecule has 18 heteroatoms. The zero-order valence-electron chi connectivity index (χ0n) is 40.8. The molecular formula is C53H55N9S9. The van der Waals surface area contributed by atoms with Crippen molar-refractivity contribution in [3.05, 3.63) is 48.8 Å². The van der Waals surface area contributed by atoms with Crippen molar-refractivity contribution in [2.45, 2.75) is 105 Å². The van der Waals surface area contributed by atoms with Gasteiger partial charge >= 0.3 is 0 Å². The third-order valence-corrected chi connectivity index (χ3v) is 23.5. The minimum atomic E-state index is 0.590. The molecule has 0 aliphatic carbocycles. The molecule has 0 spiro atoms. The predicted octanol–water partition coefficient (Wildman–Crippen LogP) is 19.0. The van der Waals surface area contributed by atoms with Gasteiger partial charge in [-0.05, 0) is 68.0 Å². The summed E-state index contributed by atoms with van der Waals surface area (Å²) in [5, 5.41) is 2.71. The minimum absolute atomic E-state index is 0.590. The maximum atomic E-state index is 5.18. The van der Waals surface area contributed by atoms with E-state index in [9.17, 15) is 0 Å². The Labute approximate surface area is 450 Å². The first-order chi connectivity index (χ1) is 34.9. The van der Waals surface area contributed by atoms with Gasteiger partial charge in [-0.15, -0.1) is 79.4 Å². The SMILES string of the molecule is CCCCC(CC)Cn1c2cc(-c3cnc(-c4cc5sc(N(C)CCCC)cc5s4)c4nsnc34)sc2c2sc3cc(-c4cnc(-c5cc6sc(N(CCCC)CCCC)cc6s5)c5nsnc45)sc3c21. The van der Waals surface area contributed by atoms with Crippen LogP contribution in [0.25, 0.3) is 113 Å². The smallest absolute Gasteiger partial charge is 0.132 e. The van der Waals surface area contributed by atoms with Crippen molar-refractivity contribution in [1.29, 1.82) is 0 Å². The maximum absolute atomic E-state index is 5.18. The Balaban J connectivity index is 0.892. The summed E-state index contributed by atoms with van der Waals surface area (Å²) in [6.45, 7) is 15.8. The highest BCUT2D eigenvalue weighted by atomic mass is 32.1. The number of anilines is 2. The van der Waals surface area contributed by atoms with Crippen molar-refractivity contribution in [2.75, 3.05) is 36.5 Å². The molecule has 0 aromatic carbocycles. The van der Waals surface area contributed by atoms with Crippen molar-refractivity contribution >= 4 is 184 Å². The van der Waals surface area contributed by atoms with Crippen molar-refractivity contribution < 1.29 is 0 Å². The molecule has 0 amide bonds. The fraction of sp³-hybridized carbons (Fsp3) is 0.396. The van der Waals surface area contributed by atoms with E-state index in [0.29, 0.717) is 5.92 Å². The van der Waals surface area contributed by atoms with Gasteiger partial charge in [0.25, 0.3) is 0 Å². The summed E-state index contributed by atoms with van der Waals surface area (Å²) in [6, 6.07) is 14.2. The molecular weight excluding hydrogens is 1050 g/mol. The lowest BCUT2D eigenvalue weighted by atomic mass is 9.99. The minimum Gasteiger partial charge on any atom is -0.366 e. The monoisotopic (exact) mass is 1110 g/mol. The standard InChI is InChI=1S/C53H55N9S9/c1-7-12-16-29(11-5)28-62-32-20-33(30-26-54-46(48-44(30)56-70-58-48)39-22-35-37(63-39)24-42(65-35)60(6)17-13-8-2)67-51(32)53-50(62)52-41(69-53)21-34(68-52)31-27-55-47(49-45(31)57-71-59-49)40-23-36-38(64-40)25-43(66-36)61(18-14-9-3)19-15-10-4/h20-27,29H,7-19,28H2,1-6H3.